The van der Waals surface area contributed by atoms with Crippen LogP contribution in [0.3, 0.4) is 0 Å². The van der Waals surface area contributed by atoms with Crippen LogP contribution in [0.15, 0.2) is 182 Å². The van der Waals surface area contributed by atoms with Gasteiger partial charge < -0.3 is 34.6 Å². The summed E-state index contributed by atoms with van der Waals surface area (Å²) in [6.07, 6.45) is -2.29. The van der Waals surface area contributed by atoms with Crippen molar-refractivity contribution in [1.82, 2.24) is 29.9 Å². The molecule has 0 aliphatic rings. The molecule has 0 fully saturated rings. The van der Waals surface area contributed by atoms with E-state index in [-0.39, 0.29) is 105 Å². The number of hydrogen-bond acceptors (Lipinski definition) is 18. The average Bonchev–Trinajstić information content (AvgIpc) is 0.911. The first-order chi connectivity index (χ1) is 57.9. The fraction of sp³-hybridized carbons (Fsp3) is 0.174. The van der Waals surface area contributed by atoms with Crippen LogP contribution in [0.25, 0.3) is 67.5 Å². The van der Waals surface area contributed by atoms with Gasteiger partial charge in [-0.2, -0.15) is 10.5 Å². The van der Waals surface area contributed by atoms with Crippen LogP contribution in [-0.4, -0.2) is 103 Å². The topological polar surface area (TPSA) is 285 Å². The molecule has 0 aliphatic heterocycles. The highest BCUT2D eigenvalue weighted by Crippen LogP contribution is 2.36. The molecule has 36 heteroatoms. The number of halogens is 18. The lowest BCUT2D eigenvalue weighted by molar-refractivity contribution is -0.142. The largest absolute Gasteiger partial charge is 0.469 e. The summed E-state index contributed by atoms with van der Waals surface area (Å²) >= 11 is 70.0. The minimum atomic E-state index is -1.08. The molecule has 0 saturated heterocycles. The smallest absolute Gasteiger partial charge is 0.338 e. The molecular formula is C86H64Cl12F6N8O10. The highest BCUT2D eigenvalue weighted by atomic mass is 35.5. The maximum Gasteiger partial charge on any atom is 0.338 e. The summed E-state index contributed by atoms with van der Waals surface area (Å²) in [6, 6.07) is 47.7. The highest BCUT2D eigenvalue weighted by Gasteiger charge is 2.21. The van der Waals surface area contributed by atoms with Gasteiger partial charge in [-0.15, -0.1) is 0 Å². The number of carbonyl (C=O) groups excluding carboxylic acids is 3. The number of hydrogen-bond donors (Lipinski definition) is 4. The number of ether oxygens (including phenoxy) is 3. The lowest BCUT2D eigenvalue weighted by Gasteiger charge is -2.13. The van der Waals surface area contributed by atoms with Gasteiger partial charge in [-0.25, -0.2) is 61.0 Å². The number of nitrogens with zero attached hydrogens (tertiary/aromatic N) is 8. The molecule has 12 rings (SSSR count). The molecule has 0 saturated carbocycles. The summed E-state index contributed by atoms with van der Waals surface area (Å²) in [5, 5.41) is 56.8. The van der Waals surface area contributed by atoms with E-state index in [1.165, 1.54) is 154 Å². The predicted octanol–water partition coefficient (Wildman–Crippen LogP) is 25.1. The lowest BCUT2D eigenvalue weighted by Crippen LogP contribution is -2.08. The van der Waals surface area contributed by atoms with Crippen molar-refractivity contribution >= 4 is 157 Å². The Hall–Kier alpha value is -9.33. The van der Waals surface area contributed by atoms with Crippen molar-refractivity contribution < 1.29 is 75.4 Å². The average molecular weight is 1910 g/mol. The van der Waals surface area contributed by atoms with Crippen LogP contribution in [0.2, 0.25) is 61.1 Å². The van der Waals surface area contributed by atoms with E-state index in [2.05, 4.69) is 46.3 Å². The van der Waals surface area contributed by atoms with Crippen molar-refractivity contribution in [3.8, 4) is 79.7 Å². The number of esters is 2. The van der Waals surface area contributed by atoms with Crippen molar-refractivity contribution in [2.24, 2.45) is 0 Å². The van der Waals surface area contributed by atoms with E-state index in [0.29, 0.717) is 96.3 Å². The SMILES string of the molecule is COC(=O)CC(O)c1cc(Cl)nc(-c2ccc(F)c(Cl)c2)c1.COC(=O)c1cc(Cl)nc(-c2ccc(F)c(Cl)c2)c1.COCCC(C)c1cc(Cl)nc(-c2ccc(F)c(Cl)c2)c1.N#CCC(=O)c1cc(Cl)nc(-c2ccc(F)c(Cl)c2)c1.N#CCC(O)c1cc(Cl)nc(-c2ccc(F)c(Cl)c2)c1.OCCC(O)c1cc(Cl)nc(-c2ccc(F)c(Cl)c2)c1. The zero-order valence-electron chi connectivity index (χ0n) is 63.7. The summed E-state index contributed by atoms with van der Waals surface area (Å²) in [4.78, 5) is 59.2. The third-order valence-electron chi connectivity index (χ3n) is 16.9. The first-order valence-electron chi connectivity index (χ1n) is 35.3. The van der Waals surface area contributed by atoms with E-state index in [4.69, 9.17) is 160 Å². The fourth-order valence-corrected chi connectivity index (χ4v) is 13.0. The molecule has 6 aromatic heterocycles. The Morgan fingerprint density at radius 2 is 0.672 bits per heavy atom. The molecular weight excluding hydrogens is 1840 g/mol. The fourth-order valence-electron chi connectivity index (χ4n) is 10.6. The summed E-state index contributed by atoms with van der Waals surface area (Å²) in [5.41, 5.74) is 9.39. The van der Waals surface area contributed by atoms with Gasteiger partial charge in [0.05, 0.1) is 134 Å². The Labute approximate surface area is 755 Å². The van der Waals surface area contributed by atoms with E-state index in [1.54, 1.807) is 43.5 Å². The molecule has 4 atom stereocenters. The minimum Gasteiger partial charge on any atom is -0.469 e. The summed E-state index contributed by atoms with van der Waals surface area (Å²) in [7, 11) is 4.18. The third kappa shape index (κ3) is 30.3. The summed E-state index contributed by atoms with van der Waals surface area (Å²) in [5.74, 6) is -4.24. The quantitative estimate of drug-likeness (QED) is 0.0225. The number of benzene rings is 6. The zero-order chi connectivity index (χ0) is 89.8. The maximum atomic E-state index is 13.2. The number of Topliss-reactive ketones (excluding diaryl/α,β-unsaturated/α-hetero) is 1. The number of nitriles is 2. The molecule has 18 nitrogen and oxygen atoms in total. The van der Waals surface area contributed by atoms with E-state index in [1.807, 2.05) is 18.2 Å². The Morgan fingerprint density at radius 3 is 0.975 bits per heavy atom. The van der Waals surface area contributed by atoms with Gasteiger partial charge >= 0.3 is 11.9 Å². The van der Waals surface area contributed by atoms with Gasteiger partial charge in [0.25, 0.3) is 0 Å². The minimum absolute atomic E-state index is 0.0123. The summed E-state index contributed by atoms with van der Waals surface area (Å²) in [6.45, 7) is 2.64. The molecule has 0 radical (unpaired) electrons. The number of rotatable bonds is 21. The van der Waals surface area contributed by atoms with Crippen LogP contribution in [0.1, 0.15) is 106 Å². The second-order valence-electron chi connectivity index (χ2n) is 25.5. The number of ketones is 1. The zero-order valence-corrected chi connectivity index (χ0v) is 72.8. The third-order valence-corrected chi connectivity index (χ3v) is 19.8. The van der Waals surface area contributed by atoms with Crippen molar-refractivity contribution in [3.05, 3.63) is 311 Å². The second-order valence-corrected chi connectivity index (χ2v) is 30.2. The van der Waals surface area contributed by atoms with Crippen LogP contribution in [0.4, 0.5) is 26.3 Å². The van der Waals surface area contributed by atoms with Crippen LogP contribution in [-0.2, 0) is 19.0 Å². The van der Waals surface area contributed by atoms with Gasteiger partial charge in [0, 0.05) is 65.7 Å². The Morgan fingerprint density at radius 1 is 0.377 bits per heavy atom. The molecule has 0 bridgehead atoms. The number of aliphatic hydroxyl groups is 4. The lowest BCUT2D eigenvalue weighted by atomic mass is 9.97. The van der Waals surface area contributed by atoms with E-state index in [0.717, 1.165) is 17.5 Å². The van der Waals surface area contributed by atoms with Crippen molar-refractivity contribution in [2.75, 3.05) is 34.5 Å². The molecule has 6 heterocycles. The Bertz CT molecular complexity index is 5830. The van der Waals surface area contributed by atoms with Crippen molar-refractivity contribution in [2.45, 2.75) is 63.3 Å². The number of aromatic nitrogens is 6. The van der Waals surface area contributed by atoms with E-state index < -0.39 is 65.2 Å². The van der Waals surface area contributed by atoms with Gasteiger partial charge in [0.2, 0.25) is 0 Å². The molecule has 6 aromatic carbocycles. The maximum absolute atomic E-state index is 13.2. The monoisotopic (exact) mass is 1900 g/mol. The van der Waals surface area contributed by atoms with Crippen LogP contribution < -0.4 is 0 Å². The van der Waals surface area contributed by atoms with E-state index in [9.17, 15) is 56.0 Å². The van der Waals surface area contributed by atoms with Gasteiger partial charge in [-0.1, -0.05) is 146 Å². The normalized spacial score (nSPS) is 11.6. The molecule has 0 spiro atoms. The number of methoxy groups -OCH3 is 3. The van der Waals surface area contributed by atoms with Crippen molar-refractivity contribution in [3.63, 3.8) is 0 Å². The Balaban J connectivity index is 0.000000202. The van der Waals surface area contributed by atoms with E-state index >= 15 is 0 Å². The Kier molecular flexibility index (Phi) is 39.8. The van der Waals surface area contributed by atoms with Crippen LogP contribution >= 0.6 is 139 Å². The van der Waals surface area contributed by atoms with Gasteiger partial charge in [-0.05, 0) is 217 Å². The van der Waals surface area contributed by atoms with Crippen LogP contribution in [0.5, 0.6) is 0 Å². The van der Waals surface area contributed by atoms with Crippen molar-refractivity contribution in [1.29, 1.82) is 10.5 Å². The number of aliphatic hydroxyl groups excluding tert-OH is 4. The molecule has 4 unspecified atom stereocenters. The predicted molar refractivity (Wildman–Crippen MR) is 462 cm³/mol. The standard InChI is InChI=1S/C16H16Cl2FNO.C15H12Cl2FNO3.C14H9Cl2FN2O.C14H7Cl2FN2O.C14H12Cl2FNO2.C13H8Cl2FNO2/c1-10(5-6-21-2)12-8-15(20-16(18)9-12)11-3-4-14(19)13(17)7-11;1-22-15(21)7-13(20)9-5-12(19-14(17)6-9)8-2-3-11(18)10(16)4-8;2*15-10-5-8(1-2-11(10)17)12-6-9(7-14(16)19-12)13(20)3-4-18;15-10-5-8(1-2-11(10)17)12-6-9(7-14(16)18-12)13(20)3-4-19;1-19-13(18)8-5-11(17-12(15)6-8)7-2-3-10(16)9(14)4-7/h3-4,7-10H,5-6H2,1-2H3;2-6,13,20H,7H2,1H3;1-2,5-7,13,20H,3H2;1-2,5-7H,3H2;1-2,5-7,13,19-20H,3-4H2;2-6H,1H3. The van der Waals surface area contributed by atoms with Gasteiger partial charge in [0.1, 0.15) is 65.8 Å². The molecule has 12 aromatic rings. The molecule has 122 heavy (non-hydrogen) atoms. The molecule has 0 amide bonds. The van der Waals surface area contributed by atoms with Gasteiger partial charge in [0.15, 0.2) is 5.78 Å². The molecule has 634 valence electrons. The first-order valence-corrected chi connectivity index (χ1v) is 39.8. The second kappa shape index (κ2) is 48.7. The molecule has 0 aliphatic carbocycles. The highest BCUT2D eigenvalue weighted by molar-refractivity contribution is 6.34. The van der Waals surface area contributed by atoms with Crippen LogP contribution in [0, 0.1) is 57.6 Å². The summed E-state index contributed by atoms with van der Waals surface area (Å²) < 4.78 is 93.2. The number of pyridine rings is 6. The van der Waals surface area contributed by atoms with Gasteiger partial charge in [-0.3, -0.25) is 9.59 Å². The first kappa shape index (κ1) is 99.8. The number of carbonyl (C=O) groups is 3. The molecule has 4 N–H and O–H groups in total.